The van der Waals surface area contributed by atoms with Crippen LogP contribution in [0.15, 0.2) is 40.2 Å². The molecule has 1 aromatic carbocycles. The summed E-state index contributed by atoms with van der Waals surface area (Å²) in [6, 6.07) is 10.5. The Morgan fingerprint density at radius 2 is 1.93 bits per heavy atom. The van der Waals surface area contributed by atoms with E-state index in [-0.39, 0.29) is 34.5 Å². The number of nitrogens with zero attached hydrogens (tertiary/aromatic N) is 2. The van der Waals surface area contributed by atoms with Crippen LogP contribution in [0.3, 0.4) is 0 Å². The van der Waals surface area contributed by atoms with E-state index < -0.39 is 14.6 Å². The highest BCUT2D eigenvalue weighted by atomic mass is 127. The maximum absolute atomic E-state index is 12.3. The third-order valence-electron chi connectivity index (χ3n) is 5.08. The number of sulfone groups is 1. The third-order valence-corrected chi connectivity index (χ3v) is 9.09. The molecule has 2 aliphatic rings. The number of nitrogens with one attached hydrogen (secondary N) is 1. The van der Waals surface area contributed by atoms with E-state index in [9.17, 15) is 8.42 Å². The molecule has 0 aromatic heterocycles. The van der Waals surface area contributed by atoms with E-state index in [1.165, 1.54) is 17.7 Å². The van der Waals surface area contributed by atoms with Gasteiger partial charge in [-0.15, -0.1) is 35.7 Å². The average molecular weight is 524 g/mol. The zero-order chi connectivity index (χ0) is 18.8. The number of hydrogen-bond acceptors (Lipinski definition) is 4. The van der Waals surface area contributed by atoms with Gasteiger partial charge in [0.25, 0.3) is 0 Å². The van der Waals surface area contributed by atoms with E-state index in [1.54, 1.807) is 0 Å². The highest BCUT2D eigenvalue weighted by Gasteiger charge is 2.44. The predicted molar refractivity (Wildman–Crippen MR) is 125 cm³/mol. The number of hydrogen-bond donors (Lipinski definition) is 1. The fraction of sp³-hybridized carbons (Fsp3) is 0.632. The molecule has 0 unspecified atom stereocenters. The number of guanidine groups is 1. The van der Waals surface area contributed by atoms with Gasteiger partial charge in [-0.1, -0.05) is 18.2 Å². The molecule has 1 heterocycles. The van der Waals surface area contributed by atoms with E-state index in [0.29, 0.717) is 13.1 Å². The molecule has 0 atom stereocenters. The number of aliphatic imine (C=N–C) groups is 1. The number of halogens is 1. The van der Waals surface area contributed by atoms with Crippen molar-refractivity contribution in [2.75, 3.05) is 31.9 Å². The van der Waals surface area contributed by atoms with Gasteiger partial charge >= 0.3 is 0 Å². The minimum atomic E-state index is -3.04. The Labute approximate surface area is 184 Å². The zero-order valence-corrected chi connectivity index (χ0v) is 20.2. The van der Waals surface area contributed by atoms with Crippen LogP contribution in [-0.4, -0.2) is 60.7 Å². The zero-order valence-electron chi connectivity index (χ0n) is 16.3. The molecule has 1 saturated carbocycles. The van der Waals surface area contributed by atoms with Gasteiger partial charge in [-0.3, -0.25) is 4.99 Å². The summed E-state index contributed by atoms with van der Waals surface area (Å²) in [5, 5.41) is 3.35. The smallest absolute Gasteiger partial charge is 0.194 e. The second-order valence-electron chi connectivity index (χ2n) is 7.77. The predicted octanol–water partition coefficient (Wildman–Crippen LogP) is 3.40. The van der Waals surface area contributed by atoms with Crippen molar-refractivity contribution in [2.24, 2.45) is 4.99 Å². The third kappa shape index (κ3) is 5.53. The molecule has 1 N–H and O–H groups in total. The molecule has 1 aromatic rings. The van der Waals surface area contributed by atoms with Crippen LogP contribution in [0.2, 0.25) is 0 Å². The normalized spacial score (nSPS) is 22.6. The summed E-state index contributed by atoms with van der Waals surface area (Å²) in [7, 11) is -3.04. The van der Waals surface area contributed by atoms with Crippen molar-refractivity contribution in [1.29, 1.82) is 0 Å². The largest absolute Gasteiger partial charge is 0.357 e. The summed E-state index contributed by atoms with van der Waals surface area (Å²) in [5.41, 5.74) is 0. The molecule has 0 radical (unpaired) electrons. The van der Waals surface area contributed by atoms with Gasteiger partial charge in [-0.2, -0.15) is 0 Å². The standard InChI is InChI=1S/C19H29N3O2S2.HI/c1-4-20-17(22-12-13-26(23,24)18(2,3)15-22)21-14-19(10-11-19)25-16-8-6-5-7-9-16;/h5-9H,4,10-15H2,1-3H3,(H,20,21);1H. The van der Waals surface area contributed by atoms with E-state index >= 15 is 0 Å². The number of thioether (sulfide) groups is 1. The Kier molecular flexibility index (Phi) is 7.52. The molecule has 0 amide bonds. The van der Waals surface area contributed by atoms with Gasteiger partial charge in [-0.05, 0) is 45.7 Å². The topological polar surface area (TPSA) is 61.8 Å². The lowest BCUT2D eigenvalue weighted by Gasteiger charge is -2.39. The molecule has 0 spiro atoms. The molecule has 3 rings (SSSR count). The maximum Gasteiger partial charge on any atom is 0.194 e. The molecule has 8 heteroatoms. The van der Waals surface area contributed by atoms with Crippen molar-refractivity contribution in [2.45, 2.75) is 48.0 Å². The van der Waals surface area contributed by atoms with Crippen LogP contribution in [0.1, 0.15) is 33.6 Å². The summed E-state index contributed by atoms with van der Waals surface area (Å²) in [5.74, 6) is 1.03. The van der Waals surface area contributed by atoms with Gasteiger partial charge in [0.15, 0.2) is 15.8 Å². The minimum absolute atomic E-state index is 0. The Bertz CT molecular complexity index is 762. The van der Waals surface area contributed by atoms with Crippen LogP contribution in [0.25, 0.3) is 0 Å². The van der Waals surface area contributed by atoms with Crippen molar-refractivity contribution >= 4 is 51.5 Å². The van der Waals surface area contributed by atoms with Crippen LogP contribution in [-0.2, 0) is 9.84 Å². The minimum Gasteiger partial charge on any atom is -0.357 e. The highest BCUT2D eigenvalue weighted by molar-refractivity contribution is 14.0. The van der Waals surface area contributed by atoms with Crippen LogP contribution in [0, 0.1) is 0 Å². The van der Waals surface area contributed by atoms with E-state index in [2.05, 4.69) is 34.5 Å². The summed E-state index contributed by atoms with van der Waals surface area (Å²) in [6.45, 7) is 8.21. The van der Waals surface area contributed by atoms with Crippen LogP contribution in [0.5, 0.6) is 0 Å². The Morgan fingerprint density at radius 3 is 2.48 bits per heavy atom. The molecule has 1 aliphatic heterocycles. The van der Waals surface area contributed by atoms with Gasteiger partial charge in [0.1, 0.15) is 0 Å². The monoisotopic (exact) mass is 523 g/mol. The highest BCUT2D eigenvalue weighted by Crippen LogP contribution is 2.51. The molecule has 27 heavy (non-hydrogen) atoms. The molecule has 1 saturated heterocycles. The summed E-state index contributed by atoms with van der Waals surface area (Å²) >= 11 is 1.91. The van der Waals surface area contributed by atoms with Gasteiger partial charge in [0.05, 0.1) is 17.0 Å². The van der Waals surface area contributed by atoms with E-state index in [4.69, 9.17) is 4.99 Å². The molecular weight excluding hydrogens is 493 g/mol. The van der Waals surface area contributed by atoms with Gasteiger partial charge in [-0.25, -0.2) is 8.42 Å². The van der Waals surface area contributed by atoms with Crippen molar-refractivity contribution < 1.29 is 8.42 Å². The van der Waals surface area contributed by atoms with E-state index in [0.717, 1.165) is 19.0 Å². The quantitative estimate of drug-likeness (QED) is 0.364. The second-order valence-corrected chi connectivity index (χ2v) is 12.1. The summed E-state index contributed by atoms with van der Waals surface area (Å²) < 4.78 is 24.0. The molecule has 1 aliphatic carbocycles. The van der Waals surface area contributed by atoms with Crippen LogP contribution >= 0.6 is 35.7 Å². The van der Waals surface area contributed by atoms with Crippen molar-refractivity contribution in [3.63, 3.8) is 0 Å². The second kappa shape index (κ2) is 8.90. The number of rotatable bonds is 5. The summed E-state index contributed by atoms with van der Waals surface area (Å²) in [4.78, 5) is 8.29. The molecular formula is C19H30IN3O2S2. The SMILES string of the molecule is CCNC(=NCC1(Sc2ccccc2)CC1)N1CCS(=O)(=O)C(C)(C)C1.I. The first-order chi connectivity index (χ1) is 12.3. The molecule has 152 valence electrons. The maximum atomic E-state index is 12.3. The Hall–Kier alpha value is -0.480. The fourth-order valence-corrected chi connectivity index (χ4v) is 5.73. The molecule has 5 nitrogen and oxygen atoms in total. The molecule has 0 bridgehead atoms. The van der Waals surface area contributed by atoms with Crippen molar-refractivity contribution in [1.82, 2.24) is 10.2 Å². The van der Waals surface area contributed by atoms with Gasteiger partial charge in [0, 0.05) is 29.3 Å². The van der Waals surface area contributed by atoms with Gasteiger partial charge < -0.3 is 10.2 Å². The van der Waals surface area contributed by atoms with Gasteiger partial charge in [0.2, 0.25) is 0 Å². The number of benzene rings is 1. The lowest BCUT2D eigenvalue weighted by atomic mass is 10.2. The fourth-order valence-electron chi connectivity index (χ4n) is 3.14. The lowest BCUT2D eigenvalue weighted by molar-refractivity contribution is 0.353. The average Bonchev–Trinajstić information content (AvgIpc) is 3.35. The van der Waals surface area contributed by atoms with Crippen molar-refractivity contribution in [3.8, 4) is 0 Å². The van der Waals surface area contributed by atoms with Crippen molar-refractivity contribution in [3.05, 3.63) is 30.3 Å². The van der Waals surface area contributed by atoms with Crippen LogP contribution < -0.4 is 5.32 Å². The lowest BCUT2D eigenvalue weighted by Crippen LogP contribution is -2.57. The first-order valence-corrected chi connectivity index (χ1v) is 11.7. The summed E-state index contributed by atoms with van der Waals surface area (Å²) in [6.07, 6.45) is 2.35. The first kappa shape index (κ1) is 22.8. The molecule has 2 fully saturated rings. The Morgan fingerprint density at radius 1 is 1.26 bits per heavy atom. The van der Waals surface area contributed by atoms with Crippen LogP contribution in [0.4, 0.5) is 0 Å². The van der Waals surface area contributed by atoms with E-state index in [1.807, 2.05) is 38.6 Å². The first-order valence-electron chi connectivity index (χ1n) is 9.27. The Balaban J connectivity index is 0.00000261.